The minimum atomic E-state index is 0.411. The molecule has 0 aliphatic heterocycles. The van der Waals surface area contributed by atoms with Crippen LogP contribution in [0.5, 0.6) is 0 Å². The van der Waals surface area contributed by atoms with Gasteiger partial charge in [0.2, 0.25) is 5.95 Å². The van der Waals surface area contributed by atoms with E-state index < -0.39 is 0 Å². The average molecular weight is 256 g/mol. The predicted molar refractivity (Wildman–Crippen MR) is 74.4 cm³/mol. The van der Waals surface area contributed by atoms with E-state index in [0.717, 1.165) is 22.2 Å². The van der Waals surface area contributed by atoms with E-state index in [1.165, 1.54) is 0 Å². The Bertz CT molecular complexity index is 683. The molecule has 0 saturated carbocycles. The monoisotopic (exact) mass is 255 g/mol. The van der Waals surface area contributed by atoms with E-state index in [9.17, 15) is 0 Å². The molecule has 0 saturated heterocycles. The third-order valence-corrected chi connectivity index (χ3v) is 2.90. The molecule has 0 amide bonds. The number of halogens is 1. The first kappa shape index (κ1) is 11.0. The number of benzene rings is 2. The van der Waals surface area contributed by atoms with Crippen LogP contribution in [0.3, 0.4) is 0 Å². The van der Waals surface area contributed by atoms with Gasteiger partial charge in [-0.2, -0.15) is 0 Å². The zero-order valence-corrected chi connectivity index (χ0v) is 10.2. The molecule has 0 aliphatic carbocycles. The second-order valence-corrected chi connectivity index (χ2v) is 4.06. The van der Waals surface area contributed by atoms with Gasteiger partial charge in [-0.25, -0.2) is 9.97 Å². The van der Waals surface area contributed by atoms with Gasteiger partial charge in [-0.1, -0.05) is 48.5 Å². The van der Waals surface area contributed by atoms with Crippen molar-refractivity contribution >= 4 is 28.6 Å². The van der Waals surface area contributed by atoms with Crippen molar-refractivity contribution in [3.63, 3.8) is 0 Å². The molecule has 0 radical (unpaired) electrons. The number of aromatic nitrogens is 2. The molecule has 3 aromatic rings. The molecule has 2 aromatic carbocycles. The van der Waals surface area contributed by atoms with Gasteiger partial charge in [-0.3, -0.25) is 4.84 Å². The minimum Gasteiger partial charge on any atom is -0.266 e. The molecule has 1 heterocycles. The number of anilines is 1. The first-order chi connectivity index (χ1) is 8.88. The van der Waals surface area contributed by atoms with Crippen LogP contribution < -0.4 is 4.84 Å². The molecule has 1 N–H and O–H groups in total. The van der Waals surface area contributed by atoms with Crippen molar-refractivity contribution in [2.75, 3.05) is 4.84 Å². The minimum absolute atomic E-state index is 0.411. The molecule has 18 heavy (non-hydrogen) atoms. The highest BCUT2D eigenvalue weighted by molar-refractivity contribution is 6.23. The quantitative estimate of drug-likeness (QED) is 0.707. The van der Waals surface area contributed by atoms with Gasteiger partial charge in [0.1, 0.15) is 0 Å². The van der Waals surface area contributed by atoms with Crippen molar-refractivity contribution in [1.82, 2.24) is 9.97 Å². The summed E-state index contributed by atoms with van der Waals surface area (Å²) in [7, 11) is 0. The molecular formula is C14H10ClN3. The average Bonchev–Trinajstić information content (AvgIpc) is 2.47. The molecule has 4 heteroatoms. The van der Waals surface area contributed by atoms with Gasteiger partial charge in [-0.15, -0.1) is 0 Å². The Labute approximate surface area is 110 Å². The van der Waals surface area contributed by atoms with Crippen LogP contribution in [0.25, 0.3) is 22.2 Å². The maximum absolute atomic E-state index is 5.61. The van der Waals surface area contributed by atoms with Crippen LogP contribution in [-0.4, -0.2) is 9.97 Å². The van der Waals surface area contributed by atoms with Crippen molar-refractivity contribution in [1.29, 1.82) is 0 Å². The van der Waals surface area contributed by atoms with E-state index in [2.05, 4.69) is 14.8 Å². The standard InChI is InChI=1S/C14H10ClN3/c15-18-14-16-12-9-5-4-8-11(12)13(17-14)10-6-2-1-3-7-10/h1-9H,(H,16,17,18). The van der Waals surface area contributed by atoms with Gasteiger partial charge < -0.3 is 0 Å². The SMILES string of the molecule is ClNc1nc(-c2ccccc2)c2ccccc2n1. The summed E-state index contributed by atoms with van der Waals surface area (Å²) in [6, 6.07) is 17.9. The van der Waals surface area contributed by atoms with E-state index in [-0.39, 0.29) is 0 Å². The van der Waals surface area contributed by atoms with Gasteiger partial charge in [-0.05, 0) is 6.07 Å². The Balaban J connectivity index is 2.33. The van der Waals surface area contributed by atoms with E-state index in [4.69, 9.17) is 11.8 Å². The highest BCUT2D eigenvalue weighted by atomic mass is 35.5. The van der Waals surface area contributed by atoms with Gasteiger partial charge in [0.15, 0.2) is 0 Å². The molecule has 0 spiro atoms. The third kappa shape index (κ3) is 1.89. The lowest BCUT2D eigenvalue weighted by Gasteiger charge is -2.07. The number of nitrogens with one attached hydrogen (secondary N) is 1. The molecule has 0 atom stereocenters. The Morgan fingerprint density at radius 1 is 0.833 bits per heavy atom. The highest BCUT2D eigenvalue weighted by Gasteiger charge is 2.08. The van der Waals surface area contributed by atoms with Crippen LogP contribution in [0.4, 0.5) is 5.95 Å². The number of para-hydroxylation sites is 1. The maximum Gasteiger partial charge on any atom is 0.238 e. The number of rotatable bonds is 2. The first-order valence-corrected chi connectivity index (χ1v) is 5.95. The number of fused-ring (bicyclic) bond motifs is 1. The zero-order chi connectivity index (χ0) is 12.4. The van der Waals surface area contributed by atoms with E-state index in [0.29, 0.717) is 5.95 Å². The fraction of sp³-hybridized carbons (Fsp3) is 0. The van der Waals surface area contributed by atoms with Gasteiger partial charge in [0, 0.05) is 22.7 Å². The number of hydrogen-bond acceptors (Lipinski definition) is 3. The normalized spacial score (nSPS) is 10.5. The van der Waals surface area contributed by atoms with Crippen molar-refractivity contribution in [3.05, 3.63) is 54.6 Å². The maximum atomic E-state index is 5.61. The Morgan fingerprint density at radius 2 is 1.56 bits per heavy atom. The molecular weight excluding hydrogens is 246 g/mol. The fourth-order valence-electron chi connectivity index (χ4n) is 1.93. The molecule has 3 nitrogen and oxygen atoms in total. The molecule has 3 rings (SSSR count). The molecule has 0 fully saturated rings. The topological polar surface area (TPSA) is 37.8 Å². The lowest BCUT2D eigenvalue weighted by molar-refractivity contribution is 1.24. The number of nitrogens with zero attached hydrogens (tertiary/aromatic N) is 2. The summed E-state index contributed by atoms with van der Waals surface area (Å²) in [6.07, 6.45) is 0. The predicted octanol–water partition coefficient (Wildman–Crippen LogP) is 3.86. The highest BCUT2D eigenvalue weighted by Crippen LogP contribution is 2.26. The van der Waals surface area contributed by atoms with Gasteiger partial charge in [0.05, 0.1) is 11.2 Å². The second-order valence-electron chi connectivity index (χ2n) is 3.87. The third-order valence-electron chi connectivity index (χ3n) is 2.73. The number of hydrogen-bond donors (Lipinski definition) is 1. The Hall–Kier alpha value is -2.13. The van der Waals surface area contributed by atoms with Gasteiger partial charge >= 0.3 is 0 Å². The molecule has 88 valence electrons. The van der Waals surface area contributed by atoms with E-state index in [1.54, 1.807) is 0 Å². The van der Waals surface area contributed by atoms with Crippen molar-refractivity contribution in [2.45, 2.75) is 0 Å². The van der Waals surface area contributed by atoms with Crippen LogP contribution in [0, 0.1) is 0 Å². The molecule has 0 aliphatic rings. The smallest absolute Gasteiger partial charge is 0.238 e. The summed E-state index contributed by atoms with van der Waals surface area (Å²) in [5, 5.41) is 1.01. The lowest BCUT2D eigenvalue weighted by atomic mass is 10.1. The van der Waals surface area contributed by atoms with Crippen LogP contribution in [-0.2, 0) is 0 Å². The summed E-state index contributed by atoms with van der Waals surface area (Å²) in [5.74, 6) is 0.411. The summed E-state index contributed by atoms with van der Waals surface area (Å²) >= 11 is 5.61. The summed E-state index contributed by atoms with van der Waals surface area (Å²) in [6.45, 7) is 0. The molecule has 0 unspecified atom stereocenters. The van der Waals surface area contributed by atoms with Crippen LogP contribution in [0.2, 0.25) is 0 Å². The second kappa shape index (κ2) is 4.63. The molecule has 0 bridgehead atoms. The van der Waals surface area contributed by atoms with Crippen LogP contribution in [0.1, 0.15) is 0 Å². The van der Waals surface area contributed by atoms with Crippen molar-refractivity contribution in [2.24, 2.45) is 0 Å². The van der Waals surface area contributed by atoms with Crippen molar-refractivity contribution in [3.8, 4) is 11.3 Å². The first-order valence-electron chi connectivity index (χ1n) is 5.57. The largest absolute Gasteiger partial charge is 0.266 e. The summed E-state index contributed by atoms with van der Waals surface area (Å²) in [5.41, 5.74) is 2.79. The van der Waals surface area contributed by atoms with Crippen LogP contribution >= 0.6 is 11.8 Å². The Kier molecular flexibility index (Phi) is 2.82. The van der Waals surface area contributed by atoms with Crippen molar-refractivity contribution < 1.29 is 0 Å². The van der Waals surface area contributed by atoms with E-state index in [1.807, 2.05) is 54.6 Å². The molecule has 1 aromatic heterocycles. The summed E-state index contributed by atoms with van der Waals surface area (Å²) in [4.78, 5) is 11.2. The summed E-state index contributed by atoms with van der Waals surface area (Å²) < 4.78 is 0. The zero-order valence-electron chi connectivity index (χ0n) is 9.47. The van der Waals surface area contributed by atoms with Crippen LogP contribution in [0.15, 0.2) is 54.6 Å². The van der Waals surface area contributed by atoms with E-state index >= 15 is 0 Å². The Morgan fingerprint density at radius 3 is 2.33 bits per heavy atom. The fourth-order valence-corrected chi connectivity index (χ4v) is 2.02. The van der Waals surface area contributed by atoms with Gasteiger partial charge in [0.25, 0.3) is 0 Å². The lowest BCUT2D eigenvalue weighted by Crippen LogP contribution is -1.95.